The van der Waals surface area contributed by atoms with E-state index in [4.69, 9.17) is 0 Å². The van der Waals surface area contributed by atoms with E-state index in [0.717, 1.165) is 10.0 Å². The molecule has 0 saturated carbocycles. The first-order valence-corrected chi connectivity index (χ1v) is 10.1. The molecule has 0 aliphatic carbocycles. The van der Waals surface area contributed by atoms with Crippen molar-refractivity contribution in [2.24, 2.45) is 0 Å². The molecule has 0 spiro atoms. The smallest absolute Gasteiger partial charge is 0.334 e. The van der Waals surface area contributed by atoms with Crippen molar-refractivity contribution < 1.29 is 26.4 Å². The van der Waals surface area contributed by atoms with Gasteiger partial charge in [-0.05, 0) is 47.9 Å². The summed E-state index contributed by atoms with van der Waals surface area (Å²) in [6.45, 7) is 0.797. The molecular weight excluding hydrogens is 449 g/mol. The number of amides is 1. The highest BCUT2D eigenvalue weighted by Gasteiger charge is 2.46. The monoisotopic (exact) mass is 462 g/mol. The van der Waals surface area contributed by atoms with E-state index in [0.29, 0.717) is 24.1 Å². The number of alkyl halides is 3. The van der Waals surface area contributed by atoms with Gasteiger partial charge in [-0.1, -0.05) is 28.1 Å². The molecule has 144 valence electrons. The third-order valence-electron chi connectivity index (χ3n) is 4.12. The van der Waals surface area contributed by atoms with Gasteiger partial charge in [0.25, 0.3) is 5.91 Å². The average molecular weight is 463 g/mol. The molecule has 1 heterocycles. The van der Waals surface area contributed by atoms with Crippen molar-refractivity contribution in [3.63, 3.8) is 0 Å². The molecule has 10 heteroatoms. The van der Waals surface area contributed by atoms with Gasteiger partial charge in [0.1, 0.15) is 0 Å². The van der Waals surface area contributed by atoms with E-state index < -0.39 is 15.5 Å². The summed E-state index contributed by atoms with van der Waals surface area (Å²) in [5.41, 5.74) is -3.31. The molecule has 3 rings (SSSR count). The third kappa shape index (κ3) is 4.27. The number of anilines is 1. The highest BCUT2D eigenvalue weighted by atomic mass is 79.9. The van der Waals surface area contributed by atoms with Crippen LogP contribution in [0, 0.1) is 0 Å². The normalized spacial score (nSPS) is 14.8. The summed E-state index contributed by atoms with van der Waals surface area (Å²) in [5, 5.41) is 0. The Hall–Kier alpha value is -2.07. The SMILES string of the molecule is O=C1c2ccc(Br)cc2CCN1Cc1ccc(NS(=O)(=O)C(F)(F)F)cc1. The lowest BCUT2D eigenvalue weighted by Crippen LogP contribution is -2.37. The molecule has 1 aliphatic rings. The van der Waals surface area contributed by atoms with Crippen LogP contribution in [0.4, 0.5) is 18.9 Å². The number of carbonyl (C=O) groups excluding carboxylic acids is 1. The molecule has 1 amide bonds. The molecule has 5 nitrogen and oxygen atoms in total. The number of fused-ring (bicyclic) bond motifs is 1. The quantitative estimate of drug-likeness (QED) is 0.748. The van der Waals surface area contributed by atoms with Gasteiger partial charge < -0.3 is 4.90 Å². The Morgan fingerprint density at radius 3 is 2.41 bits per heavy atom. The predicted octanol–water partition coefficient (Wildman–Crippen LogP) is 3.91. The van der Waals surface area contributed by atoms with Crippen LogP contribution >= 0.6 is 15.9 Å². The predicted molar refractivity (Wildman–Crippen MR) is 97.6 cm³/mol. The average Bonchev–Trinajstić information content (AvgIpc) is 2.58. The van der Waals surface area contributed by atoms with Gasteiger partial charge in [0.2, 0.25) is 0 Å². The number of nitrogens with zero attached hydrogens (tertiary/aromatic N) is 1. The number of rotatable bonds is 4. The molecule has 0 bridgehead atoms. The van der Waals surface area contributed by atoms with E-state index >= 15 is 0 Å². The maximum atomic E-state index is 12.6. The van der Waals surface area contributed by atoms with Gasteiger partial charge in [-0.3, -0.25) is 9.52 Å². The largest absolute Gasteiger partial charge is 0.516 e. The van der Waals surface area contributed by atoms with Crippen LogP contribution in [0.5, 0.6) is 0 Å². The van der Waals surface area contributed by atoms with Crippen molar-refractivity contribution in [1.82, 2.24) is 4.90 Å². The summed E-state index contributed by atoms with van der Waals surface area (Å²) in [4.78, 5) is 14.2. The fourth-order valence-corrected chi connectivity index (χ4v) is 3.74. The minimum Gasteiger partial charge on any atom is -0.334 e. The minimum absolute atomic E-state index is 0.120. The van der Waals surface area contributed by atoms with Crippen LogP contribution in [0.1, 0.15) is 21.5 Å². The standard InChI is InChI=1S/C17H14BrF3N2O3S/c18-13-3-6-15-12(9-13)7-8-23(16(15)24)10-11-1-4-14(5-2-11)22-27(25,26)17(19,20)21/h1-6,9,22H,7-8,10H2. The summed E-state index contributed by atoms with van der Waals surface area (Å²) in [6.07, 6.45) is 0.698. The molecule has 0 unspecified atom stereocenters. The Balaban J connectivity index is 1.71. The van der Waals surface area contributed by atoms with Crippen LogP contribution in [0.15, 0.2) is 46.9 Å². The molecule has 0 saturated heterocycles. The molecule has 0 aromatic heterocycles. The van der Waals surface area contributed by atoms with Gasteiger partial charge in [-0.15, -0.1) is 0 Å². The topological polar surface area (TPSA) is 66.5 Å². The molecule has 0 fully saturated rings. The van der Waals surface area contributed by atoms with E-state index in [1.54, 1.807) is 17.0 Å². The van der Waals surface area contributed by atoms with Crippen molar-refractivity contribution in [2.45, 2.75) is 18.5 Å². The number of benzene rings is 2. The van der Waals surface area contributed by atoms with Gasteiger partial charge in [0, 0.05) is 28.8 Å². The van der Waals surface area contributed by atoms with Crippen LogP contribution in [0.25, 0.3) is 0 Å². The number of nitrogens with one attached hydrogen (secondary N) is 1. The first kappa shape index (κ1) is 19.7. The van der Waals surface area contributed by atoms with Gasteiger partial charge in [-0.25, -0.2) is 0 Å². The number of carbonyl (C=O) groups is 1. The molecule has 27 heavy (non-hydrogen) atoms. The second-order valence-corrected chi connectivity index (χ2v) is 8.62. The fraction of sp³-hybridized carbons (Fsp3) is 0.235. The molecule has 0 atom stereocenters. The summed E-state index contributed by atoms with van der Waals surface area (Å²) in [5.74, 6) is -0.120. The Kier molecular flexibility index (Phi) is 5.22. The molecule has 0 radical (unpaired) electrons. The van der Waals surface area contributed by atoms with E-state index in [1.165, 1.54) is 29.0 Å². The van der Waals surface area contributed by atoms with Crippen LogP contribution in [-0.4, -0.2) is 31.3 Å². The van der Waals surface area contributed by atoms with Crippen molar-refractivity contribution in [2.75, 3.05) is 11.3 Å². The van der Waals surface area contributed by atoms with Crippen LogP contribution in [0.3, 0.4) is 0 Å². The first-order valence-electron chi connectivity index (χ1n) is 7.82. The first-order chi connectivity index (χ1) is 12.6. The Bertz CT molecular complexity index is 976. The van der Waals surface area contributed by atoms with Crippen molar-refractivity contribution in [3.05, 3.63) is 63.6 Å². The molecule has 2 aromatic carbocycles. The summed E-state index contributed by atoms with van der Waals surface area (Å²) in [7, 11) is -5.45. The molecular formula is C17H14BrF3N2O3S. The lowest BCUT2D eigenvalue weighted by atomic mass is 9.98. The van der Waals surface area contributed by atoms with Crippen LogP contribution in [-0.2, 0) is 23.0 Å². The van der Waals surface area contributed by atoms with E-state index in [-0.39, 0.29) is 18.1 Å². The van der Waals surface area contributed by atoms with Crippen LogP contribution < -0.4 is 4.72 Å². The zero-order valence-electron chi connectivity index (χ0n) is 13.8. The Morgan fingerprint density at radius 2 is 1.78 bits per heavy atom. The lowest BCUT2D eigenvalue weighted by molar-refractivity contribution is -0.0429. The molecule has 1 aliphatic heterocycles. The minimum atomic E-state index is -5.45. The zero-order valence-corrected chi connectivity index (χ0v) is 16.2. The van der Waals surface area contributed by atoms with Crippen molar-refractivity contribution in [1.29, 1.82) is 0 Å². The number of halogens is 4. The van der Waals surface area contributed by atoms with Gasteiger partial charge in [0.15, 0.2) is 0 Å². The fourth-order valence-electron chi connectivity index (χ4n) is 2.77. The van der Waals surface area contributed by atoms with E-state index in [9.17, 15) is 26.4 Å². The van der Waals surface area contributed by atoms with Crippen LogP contribution in [0.2, 0.25) is 0 Å². The summed E-state index contributed by atoms with van der Waals surface area (Å²) >= 11 is 3.37. The van der Waals surface area contributed by atoms with E-state index in [2.05, 4.69) is 15.9 Å². The number of sulfonamides is 1. The highest BCUT2D eigenvalue weighted by Crippen LogP contribution is 2.27. The van der Waals surface area contributed by atoms with Gasteiger partial charge in [-0.2, -0.15) is 21.6 Å². The zero-order chi connectivity index (χ0) is 19.8. The number of hydrogen-bond donors (Lipinski definition) is 1. The van der Waals surface area contributed by atoms with Crippen molar-refractivity contribution in [3.8, 4) is 0 Å². The lowest BCUT2D eigenvalue weighted by Gasteiger charge is -2.29. The Morgan fingerprint density at radius 1 is 1.11 bits per heavy atom. The maximum Gasteiger partial charge on any atom is 0.516 e. The summed E-state index contributed by atoms with van der Waals surface area (Å²) < 4.78 is 61.8. The second kappa shape index (κ2) is 7.16. The van der Waals surface area contributed by atoms with Gasteiger partial charge >= 0.3 is 15.5 Å². The molecule has 1 N–H and O–H groups in total. The highest BCUT2D eigenvalue weighted by molar-refractivity contribution is 9.10. The summed E-state index contributed by atoms with van der Waals surface area (Å²) in [6, 6.07) is 10.9. The second-order valence-electron chi connectivity index (χ2n) is 6.03. The maximum absolute atomic E-state index is 12.6. The molecule has 2 aromatic rings. The Labute approximate surface area is 162 Å². The third-order valence-corrected chi connectivity index (χ3v) is 5.73. The van der Waals surface area contributed by atoms with Crippen molar-refractivity contribution >= 4 is 37.5 Å². The number of hydrogen-bond acceptors (Lipinski definition) is 3. The van der Waals surface area contributed by atoms with Gasteiger partial charge in [0.05, 0.1) is 0 Å². The van der Waals surface area contributed by atoms with E-state index in [1.807, 2.05) is 6.07 Å².